The number of anilines is 1. The summed E-state index contributed by atoms with van der Waals surface area (Å²) in [6.45, 7) is 6.53. The van der Waals surface area contributed by atoms with Crippen LogP contribution in [0.4, 0.5) is 5.69 Å². The van der Waals surface area contributed by atoms with Crippen LogP contribution in [0.5, 0.6) is 0 Å². The minimum absolute atomic E-state index is 0.0420. The van der Waals surface area contributed by atoms with Gasteiger partial charge in [-0.05, 0) is 30.3 Å². The zero-order valence-corrected chi connectivity index (χ0v) is 18.9. The van der Waals surface area contributed by atoms with E-state index < -0.39 is 15.7 Å². The lowest BCUT2D eigenvalue weighted by Crippen LogP contribution is -2.22. The molecular formula is C22H21N3O4S2. The fourth-order valence-corrected chi connectivity index (χ4v) is 5.71. The number of benzene rings is 2. The van der Waals surface area contributed by atoms with Crippen molar-refractivity contribution < 1.29 is 18.0 Å². The van der Waals surface area contributed by atoms with Crippen LogP contribution in [0.2, 0.25) is 0 Å². The molecule has 0 aliphatic carbocycles. The Bertz CT molecular complexity index is 1300. The number of carbonyl (C=O) groups is 2. The van der Waals surface area contributed by atoms with Crippen molar-refractivity contribution in [2.24, 2.45) is 0 Å². The molecule has 3 aromatic rings. The summed E-state index contributed by atoms with van der Waals surface area (Å²) in [4.78, 5) is 30.4. The maximum Gasteiger partial charge on any atom is 0.257 e. The molecule has 0 atom stereocenters. The summed E-state index contributed by atoms with van der Waals surface area (Å²) >= 11 is 1.53. The zero-order valence-electron chi connectivity index (χ0n) is 17.2. The molecule has 1 aliphatic rings. The molecule has 2 N–H and O–H groups in total. The van der Waals surface area contributed by atoms with Gasteiger partial charge in [-0.2, -0.15) is 0 Å². The SMILES string of the molecule is CC(C)(C)c1ncc(CNC(=O)c2ccc3c(c2)NC(=O)c2ccccc2S3(=O)=O)s1. The average Bonchev–Trinajstić information content (AvgIpc) is 3.18. The third-order valence-corrected chi connectivity index (χ3v) is 8.11. The highest BCUT2D eigenvalue weighted by Gasteiger charge is 2.31. The molecular weight excluding hydrogens is 434 g/mol. The molecule has 0 saturated carbocycles. The molecule has 2 amide bonds. The third-order valence-electron chi connectivity index (χ3n) is 4.82. The van der Waals surface area contributed by atoms with Crippen molar-refractivity contribution in [1.82, 2.24) is 10.3 Å². The fourth-order valence-electron chi connectivity index (χ4n) is 3.21. The van der Waals surface area contributed by atoms with Gasteiger partial charge >= 0.3 is 0 Å². The highest BCUT2D eigenvalue weighted by Crippen LogP contribution is 2.34. The number of nitrogens with zero attached hydrogens (tertiary/aromatic N) is 1. The maximum absolute atomic E-state index is 13.0. The Morgan fingerprint density at radius 3 is 2.58 bits per heavy atom. The van der Waals surface area contributed by atoms with Crippen molar-refractivity contribution in [3.05, 3.63) is 69.7 Å². The predicted molar refractivity (Wildman–Crippen MR) is 118 cm³/mol. The number of thiazole rings is 1. The Labute approximate surface area is 184 Å². The molecule has 4 rings (SSSR count). The first-order valence-electron chi connectivity index (χ1n) is 9.60. The number of hydrogen-bond donors (Lipinski definition) is 2. The third kappa shape index (κ3) is 3.98. The van der Waals surface area contributed by atoms with E-state index in [1.807, 2.05) is 0 Å². The van der Waals surface area contributed by atoms with Gasteiger partial charge in [-0.1, -0.05) is 32.9 Å². The summed E-state index contributed by atoms with van der Waals surface area (Å²) < 4.78 is 26.1. The molecule has 160 valence electrons. The van der Waals surface area contributed by atoms with Crippen LogP contribution in [0.3, 0.4) is 0 Å². The highest BCUT2D eigenvalue weighted by atomic mass is 32.2. The van der Waals surface area contributed by atoms with Gasteiger partial charge in [-0.25, -0.2) is 13.4 Å². The van der Waals surface area contributed by atoms with Crippen LogP contribution in [0, 0.1) is 0 Å². The van der Waals surface area contributed by atoms with Crippen molar-refractivity contribution in [2.75, 3.05) is 5.32 Å². The second-order valence-electron chi connectivity index (χ2n) is 8.23. The van der Waals surface area contributed by atoms with E-state index in [2.05, 4.69) is 36.4 Å². The lowest BCUT2D eigenvalue weighted by Gasteiger charge is -2.13. The van der Waals surface area contributed by atoms with Crippen molar-refractivity contribution in [2.45, 2.75) is 42.5 Å². The summed E-state index contributed by atoms with van der Waals surface area (Å²) in [7, 11) is -3.90. The molecule has 2 aromatic carbocycles. The number of carbonyl (C=O) groups excluding carboxylic acids is 2. The topological polar surface area (TPSA) is 105 Å². The lowest BCUT2D eigenvalue weighted by molar-refractivity contribution is 0.0949. The smallest absolute Gasteiger partial charge is 0.257 e. The van der Waals surface area contributed by atoms with Crippen LogP contribution in [-0.2, 0) is 21.8 Å². The highest BCUT2D eigenvalue weighted by molar-refractivity contribution is 7.91. The van der Waals surface area contributed by atoms with Crippen molar-refractivity contribution in [3.8, 4) is 0 Å². The number of fused-ring (bicyclic) bond motifs is 2. The van der Waals surface area contributed by atoms with Crippen LogP contribution < -0.4 is 10.6 Å². The van der Waals surface area contributed by atoms with E-state index in [4.69, 9.17) is 0 Å². The summed E-state index contributed by atoms with van der Waals surface area (Å²) in [5.41, 5.74) is 0.345. The Balaban J connectivity index is 1.59. The molecule has 9 heteroatoms. The van der Waals surface area contributed by atoms with E-state index in [1.54, 1.807) is 18.3 Å². The second kappa shape index (κ2) is 7.58. The minimum Gasteiger partial charge on any atom is -0.347 e. The van der Waals surface area contributed by atoms with Crippen LogP contribution >= 0.6 is 11.3 Å². The summed E-state index contributed by atoms with van der Waals surface area (Å²) in [5.74, 6) is -0.906. The van der Waals surface area contributed by atoms with Crippen LogP contribution in [0.15, 0.2) is 58.5 Å². The van der Waals surface area contributed by atoms with E-state index in [1.165, 1.54) is 41.7 Å². The van der Waals surface area contributed by atoms with Gasteiger partial charge in [-0.3, -0.25) is 9.59 Å². The van der Waals surface area contributed by atoms with E-state index in [9.17, 15) is 18.0 Å². The monoisotopic (exact) mass is 455 g/mol. The Hall–Kier alpha value is -3.04. The molecule has 0 spiro atoms. The van der Waals surface area contributed by atoms with Crippen molar-refractivity contribution in [1.29, 1.82) is 0 Å². The minimum atomic E-state index is -3.90. The second-order valence-corrected chi connectivity index (χ2v) is 11.2. The van der Waals surface area contributed by atoms with E-state index in [0.29, 0.717) is 6.54 Å². The van der Waals surface area contributed by atoms with Crippen LogP contribution in [0.1, 0.15) is 51.4 Å². The molecule has 0 bridgehead atoms. The molecule has 2 heterocycles. The van der Waals surface area contributed by atoms with E-state index >= 15 is 0 Å². The summed E-state index contributed by atoms with van der Waals surface area (Å²) in [6, 6.07) is 10.2. The molecule has 0 fully saturated rings. The first-order chi connectivity index (χ1) is 14.6. The summed E-state index contributed by atoms with van der Waals surface area (Å²) in [6.07, 6.45) is 1.74. The molecule has 1 aliphatic heterocycles. The average molecular weight is 456 g/mol. The number of rotatable bonds is 3. The number of amides is 2. The first kappa shape index (κ1) is 21.2. The van der Waals surface area contributed by atoms with Crippen LogP contribution in [0.25, 0.3) is 0 Å². The van der Waals surface area contributed by atoms with Gasteiger partial charge in [0.15, 0.2) is 0 Å². The van der Waals surface area contributed by atoms with Crippen molar-refractivity contribution in [3.63, 3.8) is 0 Å². The Morgan fingerprint density at radius 2 is 1.87 bits per heavy atom. The number of sulfone groups is 1. The number of hydrogen-bond acceptors (Lipinski definition) is 6. The normalized spacial score (nSPS) is 14.7. The van der Waals surface area contributed by atoms with Gasteiger partial charge in [0, 0.05) is 22.1 Å². The summed E-state index contributed by atoms with van der Waals surface area (Å²) in [5, 5.41) is 6.42. The molecule has 0 radical (unpaired) electrons. The number of nitrogens with one attached hydrogen (secondary N) is 2. The maximum atomic E-state index is 13.0. The standard InChI is InChI=1S/C22H21N3O4S2/c1-22(2,3)21-24-12-14(30-21)11-23-19(26)13-8-9-18-16(10-13)25-20(27)15-6-4-5-7-17(15)31(18,28)29/h4-10,12H,11H2,1-3H3,(H,23,26)(H,25,27). The van der Waals surface area contributed by atoms with Gasteiger partial charge in [0.2, 0.25) is 9.84 Å². The lowest BCUT2D eigenvalue weighted by atomic mass is 9.98. The van der Waals surface area contributed by atoms with Gasteiger partial charge in [-0.15, -0.1) is 11.3 Å². The molecule has 0 unspecified atom stereocenters. The zero-order chi connectivity index (χ0) is 22.4. The Morgan fingerprint density at radius 1 is 1.13 bits per heavy atom. The molecule has 7 nitrogen and oxygen atoms in total. The van der Waals surface area contributed by atoms with Gasteiger partial charge in [0.25, 0.3) is 11.8 Å². The fraction of sp³-hybridized carbons (Fsp3) is 0.227. The van der Waals surface area contributed by atoms with Crippen LogP contribution in [-0.4, -0.2) is 25.2 Å². The number of aromatic nitrogens is 1. The quantitative estimate of drug-likeness (QED) is 0.625. The largest absolute Gasteiger partial charge is 0.347 e. The molecule has 31 heavy (non-hydrogen) atoms. The van der Waals surface area contributed by atoms with Gasteiger partial charge in [0.1, 0.15) is 0 Å². The first-order valence-corrected chi connectivity index (χ1v) is 11.9. The molecule has 1 aromatic heterocycles. The Kier molecular flexibility index (Phi) is 5.18. The predicted octanol–water partition coefficient (Wildman–Crippen LogP) is 3.77. The van der Waals surface area contributed by atoms with E-state index in [-0.39, 0.29) is 37.9 Å². The van der Waals surface area contributed by atoms with E-state index in [0.717, 1.165) is 9.88 Å². The van der Waals surface area contributed by atoms with Crippen molar-refractivity contribution >= 4 is 38.7 Å². The van der Waals surface area contributed by atoms with Gasteiger partial charge in [0.05, 0.1) is 32.6 Å². The molecule has 0 saturated heterocycles. The van der Waals surface area contributed by atoms with Gasteiger partial charge < -0.3 is 10.6 Å².